The van der Waals surface area contributed by atoms with E-state index in [0.717, 1.165) is 0 Å². The highest BCUT2D eigenvalue weighted by Gasteiger charge is 2.37. The van der Waals surface area contributed by atoms with Crippen molar-refractivity contribution < 1.29 is 13.2 Å². The fourth-order valence-electron chi connectivity index (χ4n) is 1.10. The number of imidazole rings is 1. The van der Waals surface area contributed by atoms with E-state index < -0.39 is 11.0 Å². The second-order valence-corrected chi connectivity index (χ2v) is 3.96. The smallest absolute Gasteiger partial charge is 0.333 e. The third-order valence-corrected chi connectivity index (χ3v) is 2.64. The van der Waals surface area contributed by atoms with Crippen LogP contribution in [0.1, 0.15) is 12.7 Å². The molecule has 0 aliphatic rings. The highest BCUT2D eigenvalue weighted by atomic mass is 79.9. The molecule has 1 aromatic rings. The van der Waals surface area contributed by atoms with E-state index >= 15 is 0 Å². The highest BCUT2D eigenvalue weighted by Crippen LogP contribution is 2.27. The Labute approximate surface area is 88.3 Å². The van der Waals surface area contributed by atoms with E-state index in [1.807, 2.05) is 6.92 Å². The van der Waals surface area contributed by atoms with Crippen LogP contribution in [-0.4, -0.2) is 20.6 Å². The van der Waals surface area contributed by atoms with Gasteiger partial charge in [0.1, 0.15) is 10.7 Å². The lowest BCUT2D eigenvalue weighted by atomic mass is 10.4. The van der Waals surface area contributed by atoms with Crippen molar-refractivity contribution in [3.8, 4) is 0 Å². The molecule has 0 aliphatic heterocycles. The molecule has 14 heavy (non-hydrogen) atoms. The predicted molar refractivity (Wildman–Crippen MR) is 50.4 cm³/mol. The third kappa shape index (κ3) is 2.73. The third-order valence-electron chi connectivity index (χ3n) is 1.83. The summed E-state index contributed by atoms with van der Waals surface area (Å²) in [6.45, 7) is 1.72. The first-order valence-electron chi connectivity index (χ1n) is 4.16. The first-order valence-corrected chi connectivity index (χ1v) is 5.07. The van der Waals surface area contributed by atoms with Crippen LogP contribution in [0.25, 0.3) is 0 Å². The summed E-state index contributed by atoms with van der Waals surface area (Å²) < 4.78 is 38.1. The quantitative estimate of drug-likeness (QED) is 0.773. The zero-order valence-electron chi connectivity index (χ0n) is 7.55. The van der Waals surface area contributed by atoms with Gasteiger partial charge in [-0.15, -0.1) is 0 Å². The molecule has 1 unspecified atom stereocenters. The molecule has 1 aromatic heterocycles. The Hall–Kier alpha value is -0.520. The fraction of sp³-hybridized carbons (Fsp3) is 0.625. The molecule has 0 aromatic carbocycles. The maximum Gasteiger partial charge on any atom is 0.402 e. The van der Waals surface area contributed by atoms with Gasteiger partial charge in [0.15, 0.2) is 0 Å². The lowest BCUT2D eigenvalue weighted by molar-refractivity contribution is -0.129. The van der Waals surface area contributed by atoms with Crippen molar-refractivity contribution in [2.45, 2.75) is 30.9 Å². The molecule has 0 N–H and O–H groups in total. The summed E-state index contributed by atoms with van der Waals surface area (Å²) >= 11 is 2.61. The number of halogens is 4. The van der Waals surface area contributed by atoms with E-state index in [4.69, 9.17) is 0 Å². The average molecular weight is 271 g/mol. The van der Waals surface area contributed by atoms with Gasteiger partial charge in [-0.25, -0.2) is 4.98 Å². The van der Waals surface area contributed by atoms with Crippen LogP contribution in [0, 0.1) is 0 Å². The molecule has 80 valence electrons. The minimum absolute atomic E-state index is 0.132. The molecule has 0 spiro atoms. The molecule has 0 bridgehead atoms. The molecule has 0 aliphatic carbocycles. The summed E-state index contributed by atoms with van der Waals surface area (Å²) in [6, 6.07) is 0. The Morgan fingerprint density at radius 1 is 1.57 bits per heavy atom. The van der Waals surface area contributed by atoms with Gasteiger partial charge < -0.3 is 4.57 Å². The number of alkyl halides is 4. The van der Waals surface area contributed by atoms with E-state index in [2.05, 4.69) is 20.9 Å². The van der Waals surface area contributed by atoms with Crippen LogP contribution in [0.3, 0.4) is 0 Å². The van der Waals surface area contributed by atoms with Crippen LogP contribution >= 0.6 is 15.9 Å². The van der Waals surface area contributed by atoms with E-state index in [9.17, 15) is 13.2 Å². The van der Waals surface area contributed by atoms with Gasteiger partial charge in [0.2, 0.25) is 0 Å². The van der Waals surface area contributed by atoms with Crippen molar-refractivity contribution in [1.82, 2.24) is 9.55 Å². The zero-order chi connectivity index (χ0) is 10.8. The Morgan fingerprint density at radius 3 is 2.71 bits per heavy atom. The van der Waals surface area contributed by atoms with Crippen molar-refractivity contribution in [2.24, 2.45) is 0 Å². The van der Waals surface area contributed by atoms with E-state index in [-0.39, 0.29) is 6.54 Å². The Kier molecular flexibility index (Phi) is 3.58. The summed E-state index contributed by atoms with van der Waals surface area (Å²) in [5, 5.41) is 0. The lowest BCUT2D eigenvalue weighted by Crippen LogP contribution is -2.27. The minimum Gasteiger partial charge on any atom is -0.333 e. The summed E-state index contributed by atoms with van der Waals surface area (Å²) in [6.07, 6.45) is -0.520. The van der Waals surface area contributed by atoms with E-state index in [1.165, 1.54) is 10.8 Å². The second-order valence-electron chi connectivity index (χ2n) is 2.86. The normalized spacial score (nSPS) is 14.4. The monoisotopic (exact) mass is 270 g/mol. The van der Waals surface area contributed by atoms with Crippen LogP contribution < -0.4 is 0 Å². The standard InChI is InChI=1S/C8H10BrF3N2/c1-2-7-13-3-4-14(7)5-6(9)8(10,11)12/h3-4,6H,2,5H2,1H3. The number of aromatic nitrogens is 2. The van der Waals surface area contributed by atoms with Gasteiger partial charge >= 0.3 is 6.18 Å². The van der Waals surface area contributed by atoms with Crippen LogP contribution in [-0.2, 0) is 13.0 Å². The number of rotatable bonds is 3. The first-order chi connectivity index (χ1) is 6.45. The predicted octanol–water partition coefficient (Wildman–Crippen LogP) is 2.77. The molecule has 1 heterocycles. The maximum absolute atomic E-state index is 12.2. The molecule has 6 heteroatoms. The van der Waals surface area contributed by atoms with Gasteiger partial charge in [-0.05, 0) is 0 Å². The van der Waals surface area contributed by atoms with Crippen molar-refractivity contribution in [3.05, 3.63) is 18.2 Å². The summed E-state index contributed by atoms with van der Waals surface area (Å²) in [7, 11) is 0. The molecule has 1 rings (SSSR count). The van der Waals surface area contributed by atoms with Gasteiger partial charge in [-0.2, -0.15) is 13.2 Å². The molecular formula is C8H10BrF3N2. The summed E-state index contributed by atoms with van der Waals surface area (Å²) in [5.74, 6) is 0.665. The molecule has 0 radical (unpaired) electrons. The SMILES string of the molecule is CCc1nccn1CC(Br)C(F)(F)F. The van der Waals surface area contributed by atoms with Gasteiger partial charge in [0.05, 0.1) is 0 Å². The molecule has 0 amide bonds. The first kappa shape index (κ1) is 11.6. The van der Waals surface area contributed by atoms with Crippen molar-refractivity contribution in [3.63, 3.8) is 0 Å². The minimum atomic E-state index is -4.21. The van der Waals surface area contributed by atoms with Crippen molar-refractivity contribution >= 4 is 15.9 Å². The zero-order valence-corrected chi connectivity index (χ0v) is 9.14. The number of nitrogens with zero attached hydrogens (tertiary/aromatic N) is 2. The van der Waals surface area contributed by atoms with Crippen LogP contribution in [0.5, 0.6) is 0 Å². The largest absolute Gasteiger partial charge is 0.402 e. The maximum atomic E-state index is 12.2. The van der Waals surface area contributed by atoms with Gasteiger partial charge in [0.25, 0.3) is 0 Å². The lowest BCUT2D eigenvalue weighted by Gasteiger charge is -2.15. The second kappa shape index (κ2) is 4.33. The highest BCUT2D eigenvalue weighted by molar-refractivity contribution is 9.09. The molecule has 0 fully saturated rings. The van der Waals surface area contributed by atoms with Crippen molar-refractivity contribution in [1.29, 1.82) is 0 Å². The summed E-state index contributed by atoms with van der Waals surface area (Å²) in [4.78, 5) is 2.43. The Morgan fingerprint density at radius 2 is 2.21 bits per heavy atom. The Balaban J connectivity index is 2.69. The van der Waals surface area contributed by atoms with Crippen LogP contribution in [0.2, 0.25) is 0 Å². The molecular weight excluding hydrogens is 261 g/mol. The van der Waals surface area contributed by atoms with Gasteiger partial charge in [0, 0.05) is 25.4 Å². The van der Waals surface area contributed by atoms with Gasteiger partial charge in [-0.3, -0.25) is 0 Å². The molecule has 2 nitrogen and oxygen atoms in total. The van der Waals surface area contributed by atoms with Crippen LogP contribution in [0.4, 0.5) is 13.2 Å². The number of hydrogen-bond donors (Lipinski definition) is 0. The number of hydrogen-bond acceptors (Lipinski definition) is 1. The number of aryl methyl sites for hydroxylation is 1. The Bertz CT molecular complexity index is 295. The van der Waals surface area contributed by atoms with Crippen LogP contribution in [0.15, 0.2) is 12.4 Å². The van der Waals surface area contributed by atoms with E-state index in [0.29, 0.717) is 12.2 Å². The molecule has 0 saturated heterocycles. The topological polar surface area (TPSA) is 17.8 Å². The van der Waals surface area contributed by atoms with E-state index in [1.54, 1.807) is 6.20 Å². The fourth-order valence-corrected chi connectivity index (χ4v) is 1.41. The molecule has 1 atom stereocenters. The average Bonchev–Trinajstić information content (AvgIpc) is 2.50. The van der Waals surface area contributed by atoms with Crippen molar-refractivity contribution in [2.75, 3.05) is 0 Å². The molecule has 0 saturated carbocycles. The summed E-state index contributed by atoms with van der Waals surface area (Å²) in [5.41, 5.74) is 0. The van der Waals surface area contributed by atoms with Gasteiger partial charge in [-0.1, -0.05) is 22.9 Å².